The van der Waals surface area contributed by atoms with Gasteiger partial charge in [0.05, 0.1) is 11.8 Å². The lowest BCUT2D eigenvalue weighted by atomic mass is 10.1. The number of hydrogen-bond donors (Lipinski definition) is 1. The van der Waals surface area contributed by atoms with Crippen LogP contribution in [0.2, 0.25) is 0 Å². The lowest BCUT2D eigenvalue weighted by Gasteiger charge is -2.23. The Morgan fingerprint density at radius 3 is 2.78 bits per heavy atom. The van der Waals surface area contributed by atoms with Crippen LogP contribution in [-0.4, -0.2) is 26.3 Å². The van der Waals surface area contributed by atoms with E-state index < -0.39 is 11.6 Å². The minimum Gasteiger partial charge on any atom is -0.376 e. The van der Waals surface area contributed by atoms with Crippen molar-refractivity contribution >= 4 is 5.69 Å². The third-order valence-corrected chi connectivity index (χ3v) is 3.27. The molecule has 1 unspecified atom stereocenters. The van der Waals surface area contributed by atoms with Crippen LogP contribution in [0.3, 0.4) is 0 Å². The highest BCUT2D eigenvalue weighted by atomic mass is 19.2. The monoisotopic (exact) mass is 256 g/mol. The summed E-state index contributed by atoms with van der Waals surface area (Å²) < 4.78 is 33.0. The van der Waals surface area contributed by atoms with E-state index in [1.807, 2.05) is 0 Å². The highest BCUT2D eigenvalue weighted by Gasteiger charge is 2.21. The number of halogens is 2. The summed E-state index contributed by atoms with van der Waals surface area (Å²) in [6.07, 6.45) is 2.10. The normalized spacial score (nSPS) is 19.2. The first kappa shape index (κ1) is 13.2. The molecule has 2 N–H and O–H groups in total. The molecule has 5 heteroatoms. The lowest BCUT2D eigenvalue weighted by molar-refractivity contribution is 0.116. The van der Waals surface area contributed by atoms with Crippen LogP contribution in [0.1, 0.15) is 18.4 Å². The Morgan fingerprint density at radius 1 is 1.39 bits per heavy atom. The van der Waals surface area contributed by atoms with E-state index in [9.17, 15) is 8.78 Å². The smallest absolute Gasteiger partial charge is 0.182 e. The van der Waals surface area contributed by atoms with Crippen molar-refractivity contribution in [3.05, 3.63) is 29.3 Å². The summed E-state index contributed by atoms with van der Waals surface area (Å²) in [5, 5.41) is 0. The minimum absolute atomic E-state index is 0.00150. The maximum Gasteiger partial charge on any atom is 0.182 e. The first-order valence-electron chi connectivity index (χ1n) is 6.13. The highest BCUT2D eigenvalue weighted by molar-refractivity contribution is 5.49. The van der Waals surface area contributed by atoms with Crippen molar-refractivity contribution in [2.24, 2.45) is 5.73 Å². The molecule has 0 radical (unpaired) electrons. The Bertz CT molecular complexity index is 420. The molecular weight excluding hydrogens is 238 g/mol. The molecule has 100 valence electrons. The molecule has 1 aromatic carbocycles. The van der Waals surface area contributed by atoms with Gasteiger partial charge in [-0.1, -0.05) is 6.07 Å². The van der Waals surface area contributed by atoms with Gasteiger partial charge in [-0.05, 0) is 18.9 Å². The maximum atomic E-state index is 13.9. The van der Waals surface area contributed by atoms with Crippen LogP contribution in [0.4, 0.5) is 14.5 Å². The lowest BCUT2D eigenvalue weighted by Crippen LogP contribution is -2.29. The van der Waals surface area contributed by atoms with Crippen molar-refractivity contribution in [1.29, 1.82) is 0 Å². The molecular formula is C13H18F2N2O. The third kappa shape index (κ3) is 2.62. The van der Waals surface area contributed by atoms with Crippen LogP contribution in [0.15, 0.2) is 12.1 Å². The average molecular weight is 256 g/mol. The van der Waals surface area contributed by atoms with Crippen LogP contribution in [-0.2, 0) is 11.3 Å². The molecule has 18 heavy (non-hydrogen) atoms. The van der Waals surface area contributed by atoms with E-state index in [-0.39, 0.29) is 23.9 Å². The van der Waals surface area contributed by atoms with E-state index in [0.717, 1.165) is 19.4 Å². The molecule has 0 aromatic heterocycles. The van der Waals surface area contributed by atoms with Gasteiger partial charge in [-0.25, -0.2) is 8.78 Å². The number of rotatable bonds is 4. The Kier molecular flexibility index (Phi) is 4.14. The van der Waals surface area contributed by atoms with Crippen LogP contribution in [0, 0.1) is 11.6 Å². The second-order valence-corrected chi connectivity index (χ2v) is 4.59. The van der Waals surface area contributed by atoms with Gasteiger partial charge in [-0.3, -0.25) is 0 Å². The van der Waals surface area contributed by atoms with Crippen molar-refractivity contribution in [3.63, 3.8) is 0 Å². The number of nitrogens with zero attached hydrogens (tertiary/aromatic N) is 1. The van der Waals surface area contributed by atoms with Crippen LogP contribution in [0.25, 0.3) is 0 Å². The molecule has 1 aliphatic heterocycles. The second-order valence-electron chi connectivity index (χ2n) is 4.59. The Labute approximate surface area is 106 Å². The van der Waals surface area contributed by atoms with Gasteiger partial charge in [0.2, 0.25) is 0 Å². The summed E-state index contributed by atoms with van der Waals surface area (Å²) in [6.45, 7) is 1.32. The molecule has 1 fully saturated rings. The van der Waals surface area contributed by atoms with E-state index in [0.29, 0.717) is 6.54 Å². The Balaban J connectivity index is 2.14. The summed E-state index contributed by atoms with van der Waals surface area (Å²) in [5.74, 6) is -1.69. The van der Waals surface area contributed by atoms with Crippen molar-refractivity contribution in [2.75, 3.05) is 25.1 Å². The van der Waals surface area contributed by atoms with Crippen molar-refractivity contribution in [2.45, 2.75) is 25.5 Å². The van der Waals surface area contributed by atoms with Crippen molar-refractivity contribution < 1.29 is 13.5 Å². The van der Waals surface area contributed by atoms with E-state index >= 15 is 0 Å². The summed E-state index contributed by atoms with van der Waals surface area (Å²) >= 11 is 0. The molecule has 1 heterocycles. The van der Waals surface area contributed by atoms with Crippen molar-refractivity contribution in [3.8, 4) is 0 Å². The molecule has 0 spiro atoms. The van der Waals surface area contributed by atoms with Gasteiger partial charge in [-0.2, -0.15) is 0 Å². The van der Waals surface area contributed by atoms with Gasteiger partial charge < -0.3 is 15.4 Å². The standard InChI is InChI=1S/C13H18F2N2O/c1-17(8-10-3-2-6-18-10)11-5-4-9(7-16)12(14)13(11)15/h4-5,10H,2-3,6-8,16H2,1H3. The topological polar surface area (TPSA) is 38.5 Å². The molecule has 1 aromatic rings. The summed E-state index contributed by atoms with van der Waals surface area (Å²) in [4.78, 5) is 1.69. The fraction of sp³-hybridized carbons (Fsp3) is 0.538. The van der Waals surface area contributed by atoms with Gasteiger partial charge >= 0.3 is 0 Å². The van der Waals surface area contributed by atoms with Crippen LogP contribution < -0.4 is 10.6 Å². The van der Waals surface area contributed by atoms with Gasteiger partial charge in [-0.15, -0.1) is 0 Å². The largest absolute Gasteiger partial charge is 0.376 e. The van der Waals surface area contributed by atoms with Gasteiger partial charge in [0.15, 0.2) is 11.6 Å². The third-order valence-electron chi connectivity index (χ3n) is 3.27. The van der Waals surface area contributed by atoms with Crippen LogP contribution in [0.5, 0.6) is 0 Å². The quantitative estimate of drug-likeness (QED) is 0.896. The molecule has 1 aliphatic rings. The molecule has 0 aliphatic carbocycles. The second kappa shape index (κ2) is 5.63. The molecule has 1 saturated heterocycles. The molecule has 0 amide bonds. The molecule has 2 rings (SSSR count). The predicted octanol–water partition coefficient (Wildman–Crippen LogP) is 2.04. The highest BCUT2D eigenvalue weighted by Crippen LogP contribution is 2.24. The molecule has 1 atom stereocenters. The van der Waals surface area contributed by atoms with Gasteiger partial charge in [0.1, 0.15) is 0 Å². The number of anilines is 1. The zero-order valence-electron chi connectivity index (χ0n) is 10.5. The SMILES string of the molecule is CN(CC1CCCO1)c1ccc(CN)c(F)c1F. The maximum absolute atomic E-state index is 13.9. The summed E-state index contributed by atoms with van der Waals surface area (Å²) in [7, 11) is 1.74. The Hall–Kier alpha value is -1.20. The first-order chi connectivity index (χ1) is 8.63. The van der Waals surface area contributed by atoms with E-state index in [1.165, 1.54) is 6.07 Å². The van der Waals surface area contributed by atoms with Gasteiger partial charge in [0, 0.05) is 32.3 Å². The zero-order valence-corrected chi connectivity index (χ0v) is 10.5. The Morgan fingerprint density at radius 2 is 2.17 bits per heavy atom. The zero-order chi connectivity index (χ0) is 13.1. The molecule has 0 saturated carbocycles. The van der Waals surface area contributed by atoms with Crippen LogP contribution >= 0.6 is 0 Å². The fourth-order valence-electron chi connectivity index (χ4n) is 2.22. The number of nitrogens with two attached hydrogens (primary N) is 1. The summed E-state index contributed by atoms with van der Waals surface area (Å²) in [6, 6.07) is 3.09. The van der Waals surface area contributed by atoms with Gasteiger partial charge in [0.25, 0.3) is 0 Å². The average Bonchev–Trinajstić information content (AvgIpc) is 2.85. The van der Waals surface area contributed by atoms with E-state index in [4.69, 9.17) is 10.5 Å². The predicted molar refractivity (Wildman–Crippen MR) is 66.5 cm³/mol. The number of benzene rings is 1. The summed E-state index contributed by atoms with van der Waals surface area (Å²) in [5.41, 5.74) is 5.78. The van der Waals surface area contributed by atoms with E-state index in [2.05, 4.69) is 0 Å². The van der Waals surface area contributed by atoms with E-state index in [1.54, 1.807) is 18.0 Å². The number of hydrogen-bond acceptors (Lipinski definition) is 3. The number of likely N-dealkylation sites (N-methyl/N-ethyl adjacent to an activating group) is 1. The minimum atomic E-state index is -0.853. The number of ether oxygens (including phenoxy) is 1. The fourth-order valence-corrected chi connectivity index (χ4v) is 2.22. The van der Waals surface area contributed by atoms with Crippen molar-refractivity contribution in [1.82, 2.24) is 0 Å². The first-order valence-corrected chi connectivity index (χ1v) is 6.13. The molecule has 3 nitrogen and oxygen atoms in total. The molecule has 0 bridgehead atoms.